The van der Waals surface area contributed by atoms with Gasteiger partial charge in [0.2, 0.25) is 5.13 Å². The van der Waals surface area contributed by atoms with Gasteiger partial charge in [0.25, 0.3) is 0 Å². The minimum Gasteiger partial charge on any atom is -0.339 e. The molecule has 0 aliphatic carbocycles. The van der Waals surface area contributed by atoms with Crippen LogP contribution in [-0.2, 0) is 0 Å². The van der Waals surface area contributed by atoms with Crippen molar-refractivity contribution >= 4 is 56.1 Å². The van der Waals surface area contributed by atoms with E-state index < -0.39 is 0 Å². The van der Waals surface area contributed by atoms with E-state index in [2.05, 4.69) is 38.1 Å². The van der Waals surface area contributed by atoms with Gasteiger partial charge in [0.15, 0.2) is 17.5 Å². The SMILES string of the molecule is Cc1ccc(Nc2nc(Nc3ccc(C)cc3)c(N=Nc3c(C#N)c(C)nn3-c3nc4ccccc4s3)c(C)c2C#N)cc1. The van der Waals surface area contributed by atoms with Crippen LogP contribution in [0.25, 0.3) is 15.3 Å². The van der Waals surface area contributed by atoms with Crippen LogP contribution in [-0.4, -0.2) is 19.7 Å². The second-order valence-corrected chi connectivity index (χ2v) is 11.2. The Morgan fingerprint density at radius 1 is 0.727 bits per heavy atom. The number of fused-ring (bicyclic) bond motifs is 1. The van der Waals surface area contributed by atoms with Crippen molar-refractivity contribution in [2.45, 2.75) is 27.7 Å². The first-order valence-electron chi connectivity index (χ1n) is 13.7. The van der Waals surface area contributed by atoms with Crippen LogP contribution < -0.4 is 10.6 Å². The van der Waals surface area contributed by atoms with E-state index >= 15 is 0 Å². The second kappa shape index (κ2) is 11.8. The van der Waals surface area contributed by atoms with Crippen LogP contribution >= 0.6 is 11.3 Å². The van der Waals surface area contributed by atoms with E-state index in [1.165, 1.54) is 16.0 Å². The summed E-state index contributed by atoms with van der Waals surface area (Å²) >= 11 is 1.44. The predicted molar refractivity (Wildman–Crippen MR) is 173 cm³/mol. The summed E-state index contributed by atoms with van der Waals surface area (Å²) in [5.74, 6) is 1.02. The zero-order valence-corrected chi connectivity index (χ0v) is 25.2. The molecule has 0 saturated carbocycles. The number of hydrogen-bond acceptors (Lipinski definition) is 10. The smallest absolute Gasteiger partial charge is 0.213 e. The Bertz CT molecular complexity index is 2090. The Morgan fingerprint density at radius 3 is 1.95 bits per heavy atom. The lowest BCUT2D eigenvalue weighted by Crippen LogP contribution is -2.04. The summed E-state index contributed by atoms with van der Waals surface area (Å²) in [5.41, 5.74) is 6.67. The lowest BCUT2D eigenvalue weighted by Gasteiger charge is -2.16. The number of thiazole rings is 1. The standard InChI is InChI=1S/C33H26N10S/c1-19-9-13-23(14-10-19)36-30-25(17-34)21(3)29(31(39-30)37-24-15-11-20(2)12-16-24)40-41-32-26(18-35)22(4)42-43(32)33-38-27-7-5-6-8-28(27)44-33/h5-16H,1-4H3,(H2,36,37,39). The topological polar surface area (TPSA) is 140 Å². The minimum atomic E-state index is 0.241. The molecule has 0 fully saturated rings. The molecule has 11 heteroatoms. The van der Waals surface area contributed by atoms with Crippen molar-refractivity contribution in [2.75, 3.05) is 10.6 Å². The van der Waals surface area contributed by atoms with Gasteiger partial charge in [0.1, 0.15) is 23.4 Å². The molecule has 0 aliphatic rings. The number of rotatable bonds is 7. The molecule has 214 valence electrons. The van der Waals surface area contributed by atoms with Crippen molar-refractivity contribution in [3.8, 4) is 17.3 Å². The van der Waals surface area contributed by atoms with E-state index in [1.54, 1.807) is 13.8 Å². The number of benzene rings is 3. The molecule has 0 radical (unpaired) electrons. The molecular formula is C33H26N10S. The van der Waals surface area contributed by atoms with Crippen LogP contribution in [0.2, 0.25) is 0 Å². The minimum absolute atomic E-state index is 0.241. The summed E-state index contributed by atoms with van der Waals surface area (Å²) < 4.78 is 2.52. The van der Waals surface area contributed by atoms with E-state index in [0.29, 0.717) is 39.3 Å². The number of nitrogens with zero attached hydrogens (tertiary/aromatic N) is 8. The van der Waals surface area contributed by atoms with Crippen LogP contribution in [0.3, 0.4) is 0 Å². The van der Waals surface area contributed by atoms with Crippen molar-refractivity contribution in [3.63, 3.8) is 0 Å². The lowest BCUT2D eigenvalue weighted by atomic mass is 10.1. The molecule has 0 spiro atoms. The summed E-state index contributed by atoms with van der Waals surface area (Å²) in [6, 6.07) is 28.0. The molecule has 2 N–H and O–H groups in total. The van der Waals surface area contributed by atoms with Gasteiger partial charge in [-0.2, -0.15) is 20.3 Å². The Hall–Kier alpha value is -5.91. The van der Waals surface area contributed by atoms with Gasteiger partial charge in [-0.1, -0.05) is 58.9 Å². The Kier molecular flexibility index (Phi) is 7.54. The summed E-state index contributed by atoms with van der Waals surface area (Å²) in [4.78, 5) is 9.51. The number of hydrogen-bond donors (Lipinski definition) is 2. The zero-order chi connectivity index (χ0) is 30.8. The summed E-state index contributed by atoms with van der Waals surface area (Å²) in [6.07, 6.45) is 0. The highest BCUT2D eigenvalue weighted by atomic mass is 32.1. The Labute approximate surface area is 258 Å². The number of azo groups is 1. The third-order valence-corrected chi connectivity index (χ3v) is 8.02. The van der Waals surface area contributed by atoms with Gasteiger partial charge in [0, 0.05) is 16.9 Å². The number of para-hydroxylation sites is 1. The molecule has 6 aromatic rings. The number of nitrogens with one attached hydrogen (secondary N) is 2. The molecule has 0 aliphatic heterocycles. The first-order chi connectivity index (χ1) is 21.3. The molecule has 3 aromatic heterocycles. The van der Waals surface area contributed by atoms with Crippen LogP contribution in [0.1, 0.15) is 33.5 Å². The van der Waals surface area contributed by atoms with Crippen molar-refractivity contribution in [3.05, 3.63) is 106 Å². The number of pyridine rings is 1. The highest BCUT2D eigenvalue weighted by Crippen LogP contribution is 2.38. The Morgan fingerprint density at radius 2 is 1.34 bits per heavy atom. The van der Waals surface area contributed by atoms with Gasteiger partial charge < -0.3 is 10.6 Å². The first-order valence-corrected chi connectivity index (χ1v) is 14.6. The number of aryl methyl sites for hydroxylation is 3. The molecule has 0 bridgehead atoms. The quantitative estimate of drug-likeness (QED) is 0.176. The van der Waals surface area contributed by atoms with Crippen molar-refractivity contribution in [2.24, 2.45) is 10.2 Å². The first kappa shape index (κ1) is 28.2. The van der Waals surface area contributed by atoms with E-state index in [9.17, 15) is 10.5 Å². The molecule has 0 amide bonds. The molecule has 0 unspecified atom stereocenters. The average Bonchev–Trinajstić information content (AvgIpc) is 3.59. The van der Waals surface area contributed by atoms with E-state index in [1.807, 2.05) is 86.6 Å². The molecule has 0 saturated heterocycles. The number of aromatic nitrogens is 4. The van der Waals surface area contributed by atoms with Gasteiger partial charge in [-0.15, -0.1) is 10.2 Å². The maximum Gasteiger partial charge on any atom is 0.213 e. The molecule has 6 rings (SSSR count). The molecule has 10 nitrogen and oxygen atoms in total. The monoisotopic (exact) mass is 594 g/mol. The average molecular weight is 595 g/mol. The van der Waals surface area contributed by atoms with Crippen LogP contribution in [0, 0.1) is 50.4 Å². The third kappa shape index (κ3) is 5.48. The largest absolute Gasteiger partial charge is 0.339 e. The van der Waals surface area contributed by atoms with Gasteiger partial charge in [-0.25, -0.2) is 9.97 Å². The summed E-state index contributed by atoms with van der Waals surface area (Å²) in [5, 5.41) is 41.1. The van der Waals surface area contributed by atoms with E-state index in [0.717, 1.165) is 32.7 Å². The fourth-order valence-electron chi connectivity index (χ4n) is 4.60. The highest BCUT2D eigenvalue weighted by molar-refractivity contribution is 7.20. The fourth-order valence-corrected chi connectivity index (χ4v) is 5.52. The number of anilines is 4. The maximum absolute atomic E-state index is 10.2. The Balaban J connectivity index is 1.49. The third-order valence-electron chi connectivity index (χ3n) is 7.01. The highest BCUT2D eigenvalue weighted by Gasteiger charge is 2.22. The van der Waals surface area contributed by atoms with Crippen LogP contribution in [0.4, 0.5) is 34.5 Å². The zero-order valence-electron chi connectivity index (χ0n) is 24.4. The van der Waals surface area contributed by atoms with E-state index in [-0.39, 0.29) is 11.4 Å². The summed E-state index contributed by atoms with van der Waals surface area (Å²) in [6.45, 7) is 7.58. The van der Waals surface area contributed by atoms with E-state index in [4.69, 9.17) is 9.97 Å². The van der Waals surface area contributed by atoms with Crippen LogP contribution in [0.5, 0.6) is 0 Å². The molecule has 3 heterocycles. The maximum atomic E-state index is 10.2. The molecule has 0 atom stereocenters. The second-order valence-electron chi connectivity index (χ2n) is 10.2. The predicted octanol–water partition coefficient (Wildman–Crippen LogP) is 8.76. The van der Waals surface area contributed by atoms with Gasteiger partial charge in [0.05, 0.1) is 21.5 Å². The van der Waals surface area contributed by atoms with Gasteiger partial charge in [-0.05, 0) is 64.1 Å². The van der Waals surface area contributed by atoms with Crippen LogP contribution in [0.15, 0.2) is 83.0 Å². The van der Waals surface area contributed by atoms with Crippen molar-refractivity contribution in [1.29, 1.82) is 10.5 Å². The fraction of sp³-hybridized carbons (Fsp3) is 0.121. The van der Waals surface area contributed by atoms with Crippen molar-refractivity contribution < 1.29 is 0 Å². The molecule has 44 heavy (non-hydrogen) atoms. The molecule has 3 aromatic carbocycles. The summed E-state index contributed by atoms with van der Waals surface area (Å²) in [7, 11) is 0. The molecular weight excluding hydrogens is 569 g/mol. The van der Waals surface area contributed by atoms with Crippen molar-refractivity contribution in [1.82, 2.24) is 19.7 Å². The normalized spacial score (nSPS) is 11.0. The van der Waals surface area contributed by atoms with Gasteiger partial charge in [-0.3, -0.25) is 0 Å². The van der Waals surface area contributed by atoms with Gasteiger partial charge >= 0.3 is 0 Å². The number of nitriles is 2. The lowest BCUT2D eigenvalue weighted by molar-refractivity contribution is 0.848.